The SMILES string of the molecule is O=C(Nc1ccccc1F)c1nnc(CNS(=O)(=O)c2ccccc2Cl)s1. The zero-order chi connectivity index (χ0) is 19.4. The van der Waals surface area contributed by atoms with E-state index in [1.165, 1.54) is 30.3 Å². The van der Waals surface area contributed by atoms with Crippen molar-refractivity contribution in [2.75, 3.05) is 5.32 Å². The van der Waals surface area contributed by atoms with Crippen LogP contribution in [0.25, 0.3) is 0 Å². The van der Waals surface area contributed by atoms with Gasteiger partial charge in [-0.1, -0.05) is 47.2 Å². The van der Waals surface area contributed by atoms with Gasteiger partial charge < -0.3 is 5.32 Å². The van der Waals surface area contributed by atoms with Crippen molar-refractivity contribution in [3.63, 3.8) is 0 Å². The molecular weight excluding hydrogens is 415 g/mol. The van der Waals surface area contributed by atoms with Crippen LogP contribution in [0.2, 0.25) is 5.02 Å². The van der Waals surface area contributed by atoms with E-state index in [9.17, 15) is 17.6 Å². The Hall–Kier alpha value is -2.40. The molecule has 11 heteroatoms. The first-order valence-corrected chi connectivity index (χ1v) is 10.2. The second kappa shape index (κ2) is 8.09. The van der Waals surface area contributed by atoms with Crippen molar-refractivity contribution in [2.24, 2.45) is 0 Å². The summed E-state index contributed by atoms with van der Waals surface area (Å²) in [5, 5.41) is 10.2. The second-order valence-electron chi connectivity index (χ2n) is 5.19. The fraction of sp³-hybridized carbons (Fsp3) is 0.0625. The van der Waals surface area contributed by atoms with E-state index >= 15 is 0 Å². The van der Waals surface area contributed by atoms with Crippen molar-refractivity contribution >= 4 is 44.6 Å². The normalized spacial score (nSPS) is 11.3. The molecule has 0 saturated carbocycles. The molecule has 0 spiro atoms. The molecule has 0 aliphatic heterocycles. The molecule has 1 amide bonds. The third-order valence-electron chi connectivity index (χ3n) is 3.32. The Bertz CT molecular complexity index is 1090. The maximum absolute atomic E-state index is 13.6. The zero-order valence-corrected chi connectivity index (χ0v) is 15.9. The lowest BCUT2D eigenvalue weighted by Gasteiger charge is -2.06. The molecule has 0 aliphatic carbocycles. The summed E-state index contributed by atoms with van der Waals surface area (Å²) in [5.41, 5.74) is 0.0127. The molecule has 0 radical (unpaired) electrons. The molecule has 0 atom stereocenters. The fourth-order valence-electron chi connectivity index (χ4n) is 2.05. The van der Waals surface area contributed by atoms with E-state index in [1.807, 2.05) is 0 Å². The van der Waals surface area contributed by atoms with Gasteiger partial charge in [0.2, 0.25) is 15.0 Å². The van der Waals surface area contributed by atoms with Gasteiger partial charge in [-0.05, 0) is 24.3 Å². The van der Waals surface area contributed by atoms with Gasteiger partial charge in [-0.15, -0.1) is 10.2 Å². The molecule has 140 valence electrons. The number of rotatable bonds is 6. The predicted octanol–water partition coefficient (Wildman–Crippen LogP) is 3.06. The number of para-hydroxylation sites is 1. The lowest BCUT2D eigenvalue weighted by molar-refractivity contribution is 0.102. The van der Waals surface area contributed by atoms with Crippen molar-refractivity contribution in [1.29, 1.82) is 0 Å². The highest BCUT2D eigenvalue weighted by atomic mass is 35.5. The van der Waals surface area contributed by atoms with Gasteiger partial charge in [0.25, 0.3) is 5.91 Å². The second-order valence-corrected chi connectivity index (χ2v) is 8.39. The minimum Gasteiger partial charge on any atom is -0.317 e. The zero-order valence-electron chi connectivity index (χ0n) is 13.5. The molecule has 2 aromatic carbocycles. The largest absolute Gasteiger partial charge is 0.317 e. The van der Waals surface area contributed by atoms with Crippen LogP contribution in [0.5, 0.6) is 0 Å². The molecule has 7 nitrogen and oxygen atoms in total. The van der Waals surface area contributed by atoms with Gasteiger partial charge in [0.1, 0.15) is 15.7 Å². The average molecular weight is 427 g/mol. The summed E-state index contributed by atoms with van der Waals surface area (Å²) in [7, 11) is -3.85. The van der Waals surface area contributed by atoms with Crippen LogP contribution in [0, 0.1) is 5.82 Å². The molecule has 3 rings (SSSR count). The summed E-state index contributed by atoms with van der Waals surface area (Å²) >= 11 is 6.79. The van der Waals surface area contributed by atoms with Gasteiger partial charge in [-0.25, -0.2) is 17.5 Å². The average Bonchev–Trinajstić information content (AvgIpc) is 3.11. The number of halogens is 2. The van der Waals surface area contributed by atoms with E-state index in [0.717, 1.165) is 11.3 Å². The lowest BCUT2D eigenvalue weighted by atomic mass is 10.3. The summed E-state index contributed by atoms with van der Waals surface area (Å²) < 4.78 is 40.5. The molecule has 0 fully saturated rings. The van der Waals surface area contributed by atoms with Gasteiger partial charge in [-0.3, -0.25) is 4.79 Å². The predicted molar refractivity (Wildman–Crippen MR) is 99.7 cm³/mol. The number of hydrogen-bond donors (Lipinski definition) is 2. The van der Waals surface area contributed by atoms with E-state index in [-0.39, 0.29) is 32.2 Å². The number of hydrogen-bond acceptors (Lipinski definition) is 6. The highest BCUT2D eigenvalue weighted by molar-refractivity contribution is 7.89. The summed E-state index contributed by atoms with van der Waals surface area (Å²) in [6.45, 7) is -0.168. The third-order valence-corrected chi connectivity index (χ3v) is 6.15. The minimum atomic E-state index is -3.85. The Labute approximate surface area is 163 Å². The van der Waals surface area contributed by atoms with E-state index in [0.29, 0.717) is 0 Å². The first kappa shape index (κ1) is 19.4. The van der Waals surface area contributed by atoms with Crippen LogP contribution in [0.15, 0.2) is 53.4 Å². The smallest absolute Gasteiger partial charge is 0.286 e. The Kier molecular flexibility index (Phi) is 5.80. The highest BCUT2D eigenvalue weighted by Gasteiger charge is 2.19. The van der Waals surface area contributed by atoms with Crippen molar-refractivity contribution in [3.05, 3.63) is 69.4 Å². The van der Waals surface area contributed by atoms with Crippen LogP contribution in [0.4, 0.5) is 10.1 Å². The van der Waals surface area contributed by atoms with Crippen LogP contribution in [0.3, 0.4) is 0 Å². The maximum Gasteiger partial charge on any atom is 0.286 e. The van der Waals surface area contributed by atoms with Gasteiger partial charge >= 0.3 is 0 Å². The topological polar surface area (TPSA) is 101 Å². The number of nitrogens with one attached hydrogen (secondary N) is 2. The number of sulfonamides is 1. The van der Waals surface area contributed by atoms with Crippen LogP contribution in [-0.2, 0) is 16.6 Å². The first-order chi connectivity index (χ1) is 12.9. The molecule has 2 N–H and O–H groups in total. The summed E-state index contributed by atoms with van der Waals surface area (Å²) in [6.07, 6.45) is 0. The summed E-state index contributed by atoms with van der Waals surface area (Å²) in [4.78, 5) is 12.1. The fourth-order valence-corrected chi connectivity index (χ4v) is 4.32. The standard InChI is InChI=1S/C16H12ClFN4O3S2/c17-10-5-1-4-8-13(10)27(24,25)19-9-14-21-22-16(26-14)15(23)20-12-7-3-2-6-11(12)18/h1-8,19H,9H2,(H,20,23). The van der Waals surface area contributed by atoms with E-state index in [2.05, 4.69) is 20.2 Å². The van der Waals surface area contributed by atoms with Crippen LogP contribution >= 0.6 is 22.9 Å². The molecule has 1 aromatic heterocycles. The number of nitrogens with zero attached hydrogens (tertiary/aromatic N) is 2. The molecule has 3 aromatic rings. The van der Waals surface area contributed by atoms with Gasteiger partial charge in [-0.2, -0.15) is 0 Å². The summed E-state index contributed by atoms with van der Waals surface area (Å²) in [5.74, 6) is -1.22. The van der Waals surface area contributed by atoms with E-state index in [4.69, 9.17) is 11.6 Å². The Balaban J connectivity index is 1.67. The number of aromatic nitrogens is 2. The Morgan fingerprint density at radius 2 is 1.81 bits per heavy atom. The molecule has 27 heavy (non-hydrogen) atoms. The van der Waals surface area contributed by atoms with E-state index in [1.54, 1.807) is 18.2 Å². The minimum absolute atomic E-state index is 0.0127. The van der Waals surface area contributed by atoms with Crippen LogP contribution in [-0.4, -0.2) is 24.5 Å². The van der Waals surface area contributed by atoms with Crippen molar-refractivity contribution in [1.82, 2.24) is 14.9 Å². The number of carbonyl (C=O) groups excluding carboxylic acids is 1. The summed E-state index contributed by atoms with van der Waals surface area (Å²) in [6, 6.07) is 11.7. The van der Waals surface area contributed by atoms with E-state index < -0.39 is 21.7 Å². The lowest BCUT2D eigenvalue weighted by Crippen LogP contribution is -2.23. The van der Waals surface area contributed by atoms with Gasteiger partial charge in [0, 0.05) is 0 Å². The molecule has 1 heterocycles. The van der Waals surface area contributed by atoms with Gasteiger partial charge in [0.15, 0.2) is 0 Å². The maximum atomic E-state index is 13.6. The number of carbonyl (C=O) groups is 1. The molecular formula is C16H12ClFN4O3S2. The Morgan fingerprint density at radius 1 is 1.11 bits per heavy atom. The Morgan fingerprint density at radius 3 is 2.56 bits per heavy atom. The quantitative estimate of drug-likeness (QED) is 0.630. The number of amides is 1. The molecule has 0 unspecified atom stereocenters. The molecule has 0 aliphatic rings. The van der Waals surface area contributed by atoms with Crippen LogP contribution < -0.4 is 10.0 Å². The van der Waals surface area contributed by atoms with Crippen LogP contribution in [0.1, 0.15) is 14.8 Å². The molecule has 0 saturated heterocycles. The monoisotopic (exact) mass is 426 g/mol. The highest BCUT2D eigenvalue weighted by Crippen LogP contribution is 2.21. The van der Waals surface area contributed by atoms with Crippen molar-refractivity contribution in [2.45, 2.75) is 11.4 Å². The first-order valence-electron chi connectivity index (χ1n) is 7.49. The van der Waals surface area contributed by atoms with Crippen molar-refractivity contribution in [3.8, 4) is 0 Å². The number of benzene rings is 2. The molecule has 0 bridgehead atoms. The van der Waals surface area contributed by atoms with Gasteiger partial charge in [0.05, 0.1) is 17.3 Å². The third kappa shape index (κ3) is 4.66. The number of anilines is 1. The van der Waals surface area contributed by atoms with Crippen molar-refractivity contribution < 1.29 is 17.6 Å².